The lowest BCUT2D eigenvalue weighted by Crippen LogP contribution is -2.55. The van der Waals surface area contributed by atoms with E-state index in [1.54, 1.807) is 0 Å². The van der Waals surface area contributed by atoms with Gasteiger partial charge < -0.3 is 38.5 Å². The largest absolute Gasteiger partial charge is 0.463 e. The smallest absolute Gasteiger partial charge is 0.449 e. The fourth-order valence-corrected chi connectivity index (χ4v) is 3.85. The quantitative estimate of drug-likeness (QED) is 0.127. The monoisotopic (exact) mass is 524 g/mol. The van der Waals surface area contributed by atoms with Crippen LogP contribution in [-0.4, -0.2) is 134 Å². The number of ether oxygens (including phenoxy) is 4. The third kappa shape index (κ3) is 10.2. The summed E-state index contributed by atoms with van der Waals surface area (Å²) in [6.45, 7) is 11.2. The first-order valence-corrected chi connectivity index (χ1v) is 13.6. The van der Waals surface area contributed by atoms with Crippen LogP contribution in [0.4, 0.5) is 0 Å². The van der Waals surface area contributed by atoms with Gasteiger partial charge in [-0.05, 0) is 6.42 Å². The first-order chi connectivity index (χ1) is 17.8. The van der Waals surface area contributed by atoms with Crippen molar-refractivity contribution in [3.05, 3.63) is 0 Å². The summed E-state index contributed by atoms with van der Waals surface area (Å²) in [4.78, 5) is 59.8. The lowest BCUT2D eigenvalue weighted by molar-refractivity contribution is -0.365. The number of hydrogen-bond acceptors (Lipinski definition) is 12. The Labute approximate surface area is 218 Å². The van der Waals surface area contributed by atoms with Crippen molar-refractivity contribution in [2.75, 3.05) is 78.5 Å². The number of carbonyl (C=O) groups is 4. The predicted octanol–water partition coefficient (Wildman–Crippen LogP) is -0.195. The van der Waals surface area contributed by atoms with E-state index in [0.29, 0.717) is 32.6 Å². The normalized spacial score (nSPS) is 20.1. The van der Waals surface area contributed by atoms with E-state index in [1.807, 2.05) is 21.6 Å². The van der Waals surface area contributed by atoms with Crippen LogP contribution < -0.4 is 0 Å². The molecule has 37 heavy (non-hydrogen) atoms. The average Bonchev–Trinajstić information content (AvgIpc) is 3.71. The molecule has 4 aliphatic rings. The Morgan fingerprint density at radius 2 is 0.919 bits per heavy atom. The second-order valence-corrected chi connectivity index (χ2v) is 10.2. The van der Waals surface area contributed by atoms with Crippen LogP contribution in [0.15, 0.2) is 0 Å². The molecule has 4 rings (SSSR count). The Balaban J connectivity index is 1.51. The zero-order valence-corrected chi connectivity index (χ0v) is 21.9. The summed E-state index contributed by atoms with van der Waals surface area (Å²) in [6.07, 6.45) is -0.382. The van der Waals surface area contributed by atoms with Gasteiger partial charge in [-0.15, -0.1) is 0 Å². The molecule has 0 aliphatic carbocycles. The van der Waals surface area contributed by atoms with Gasteiger partial charge in [-0.3, -0.25) is 19.2 Å². The van der Waals surface area contributed by atoms with Crippen LogP contribution in [0.25, 0.3) is 0 Å². The maximum atomic E-state index is 12.9. The molecule has 0 aromatic rings. The molecule has 1 atom stereocenters. The van der Waals surface area contributed by atoms with Gasteiger partial charge in [0.25, 0.3) is 0 Å². The standard InChI is InChI=1S/C25H40N4O8/c1-2-3-20(34-21(30)4-8-26-12-13-26)25(35-22(31)5-9-27-14-15-27,36-23(32)6-10-28-16-17-28)37-24(33)7-11-29-18-19-29/h20H,2-19H2,1H3. The molecule has 4 aliphatic heterocycles. The number of carbonyl (C=O) groups excluding carboxylic acids is 4. The van der Waals surface area contributed by atoms with Gasteiger partial charge in [-0.2, -0.15) is 0 Å². The highest BCUT2D eigenvalue weighted by molar-refractivity contribution is 5.75. The minimum atomic E-state index is -2.46. The van der Waals surface area contributed by atoms with E-state index in [0.717, 1.165) is 52.4 Å². The molecule has 12 nitrogen and oxygen atoms in total. The van der Waals surface area contributed by atoms with E-state index >= 15 is 0 Å². The molecule has 4 heterocycles. The Morgan fingerprint density at radius 1 is 0.595 bits per heavy atom. The Morgan fingerprint density at radius 3 is 1.22 bits per heavy atom. The third-order valence-electron chi connectivity index (χ3n) is 6.68. The zero-order valence-electron chi connectivity index (χ0n) is 21.9. The molecular weight excluding hydrogens is 484 g/mol. The molecule has 0 aromatic carbocycles. The van der Waals surface area contributed by atoms with Gasteiger partial charge in [0.15, 0.2) is 0 Å². The summed E-state index contributed by atoms with van der Waals surface area (Å²) in [5.41, 5.74) is 0. The molecule has 0 amide bonds. The van der Waals surface area contributed by atoms with Gasteiger partial charge >= 0.3 is 29.9 Å². The molecule has 0 bridgehead atoms. The molecule has 4 fully saturated rings. The van der Waals surface area contributed by atoms with Gasteiger partial charge in [-0.1, -0.05) is 13.3 Å². The predicted molar refractivity (Wildman–Crippen MR) is 130 cm³/mol. The van der Waals surface area contributed by atoms with Crippen LogP contribution in [0.2, 0.25) is 0 Å². The first-order valence-electron chi connectivity index (χ1n) is 13.6. The van der Waals surface area contributed by atoms with Crippen molar-refractivity contribution in [3.63, 3.8) is 0 Å². The third-order valence-corrected chi connectivity index (χ3v) is 6.68. The van der Waals surface area contributed by atoms with Crippen molar-refractivity contribution in [2.24, 2.45) is 0 Å². The highest BCUT2D eigenvalue weighted by Gasteiger charge is 2.53. The fraction of sp³-hybridized carbons (Fsp3) is 0.840. The van der Waals surface area contributed by atoms with Gasteiger partial charge in [-0.25, -0.2) is 0 Å². The highest BCUT2D eigenvalue weighted by atomic mass is 16.9. The molecule has 0 N–H and O–H groups in total. The Kier molecular flexibility index (Phi) is 9.74. The number of rotatable bonds is 19. The first kappa shape index (κ1) is 27.7. The topological polar surface area (TPSA) is 117 Å². The Bertz CT molecular complexity index is 749. The van der Waals surface area contributed by atoms with E-state index in [-0.39, 0.29) is 32.1 Å². The summed E-state index contributed by atoms with van der Waals surface area (Å²) in [7, 11) is 0. The van der Waals surface area contributed by atoms with Crippen LogP contribution in [0.1, 0.15) is 45.4 Å². The number of nitrogens with zero attached hydrogens (tertiary/aromatic N) is 4. The summed E-state index contributed by atoms with van der Waals surface area (Å²) in [5.74, 6) is -5.06. The van der Waals surface area contributed by atoms with Crippen molar-refractivity contribution in [2.45, 2.75) is 57.5 Å². The van der Waals surface area contributed by atoms with Crippen molar-refractivity contribution in [3.8, 4) is 0 Å². The zero-order chi connectivity index (χ0) is 26.3. The maximum Gasteiger partial charge on any atom is 0.463 e. The van der Waals surface area contributed by atoms with E-state index in [2.05, 4.69) is 4.90 Å². The van der Waals surface area contributed by atoms with Gasteiger partial charge in [0.1, 0.15) is 0 Å². The van der Waals surface area contributed by atoms with Crippen LogP contribution >= 0.6 is 0 Å². The van der Waals surface area contributed by atoms with Crippen LogP contribution in [0.5, 0.6) is 0 Å². The fourth-order valence-electron chi connectivity index (χ4n) is 3.85. The summed E-state index contributed by atoms with van der Waals surface area (Å²) in [5, 5.41) is 0. The van der Waals surface area contributed by atoms with Crippen LogP contribution in [-0.2, 0) is 38.1 Å². The lowest BCUT2D eigenvalue weighted by Gasteiger charge is -2.36. The van der Waals surface area contributed by atoms with Crippen LogP contribution in [0.3, 0.4) is 0 Å². The van der Waals surface area contributed by atoms with Crippen LogP contribution in [0, 0.1) is 0 Å². The Hall–Kier alpha value is -2.28. The lowest BCUT2D eigenvalue weighted by atomic mass is 10.1. The maximum absolute atomic E-state index is 12.9. The molecule has 208 valence electrons. The van der Waals surface area contributed by atoms with E-state index in [9.17, 15) is 19.2 Å². The summed E-state index contributed by atoms with van der Waals surface area (Å²) in [6, 6.07) is 0. The SMILES string of the molecule is CCCC(OC(=O)CCN1CC1)C(OC(=O)CCN1CC1)(OC(=O)CCN1CC1)OC(=O)CCN1CC1. The molecule has 12 heteroatoms. The average molecular weight is 525 g/mol. The van der Waals surface area contributed by atoms with Gasteiger partial charge in [0.05, 0.1) is 25.7 Å². The molecule has 0 saturated carbocycles. The van der Waals surface area contributed by atoms with Crippen molar-refractivity contribution in [1.29, 1.82) is 0 Å². The molecule has 0 radical (unpaired) electrons. The molecule has 4 saturated heterocycles. The summed E-state index contributed by atoms with van der Waals surface area (Å²) < 4.78 is 22.8. The summed E-state index contributed by atoms with van der Waals surface area (Å²) >= 11 is 0. The number of esters is 4. The highest BCUT2D eigenvalue weighted by Crippen LogP contribution is 2.30. The van der Waals surface area contributed by atoms with Crippen molar-refractivity contribution < 1.29 is 38.1 Å². The van der Waals surface area contributed by atoms with Gasteiger partial charge in [0, 0.05) is 78.5 Å². The molecular formula is C25H40N4O8. The number of hydrogen-bond donors (Lipinski definition) is 0. The van der Waals surface area contributed by atoms with Crippen molar-refractivity contribution in [1.82, 2.24) is 19.6 Å². The van der Waals surface area contributed by atoms with E-state index < -0.39 is 36.0 Å². The van der Waals surface area contributed by atoms with Crippen molar-refractivity contribution >= 4 is 23.9 Å². The minimum absolute atomic E-state index is 0.0279. The second kappa shape index (κ2) is 13.0. The van der Waals surface area contributed by atoms with E-state index in [4.69, 9.17) is 18.9 Å². The molecule has 1 unspecified atom stereocenters. The van der Waals surface area contributed by atoms with Gasteiger partial charge in [0.2, 0.25) is 6.10 Å². The molecule has 0 spiro atoms. The molecule has 0 aromatic heterocycles. The minimum Gasteiger partial charge on any atom is -0.449 e. The van der Waals surface area contributed by atoms with E-state index in [1.165, 1.54) is 0 Å². The second-order valence-electron chi connectivity index (χ2n) is 10.2.